The first-order valence-electron chi connectivity index (χ1n) is 8.79. The molecule has 2 fully saturated rings. The molecule has 23 heavy (non-hydrogen) atoms. The molecule has 1 saturated heterocycles. The fourth-order valence-corrected chi connectivity index (χ4v) is 3.89. The van der Waals surface area contributed by atoms with Gasteiger partial charge in [-0.3, -0.25) is 4.79 Å². The highest BCUT2D eigenvalue weighted by molar-refractivity contribution is 5.79. The number of hydrogen-bond donors (Lipinski definition) is 1. The summed E-state index contributed by atoms with van der Waals surface area (Å²) in [6, 6.07) is 8.60. The molecule has 4 atom stereocenters. The number of benzene rings is 1. The molecule has 4 nitrogen and oxygen atoms in total. The molecule has 1 amide bonds. The first-order chi connectivity index (χ1) is 11.1. The number of carbonyl (C=O) groups is 1. The van der Waals surface area contributed by atoms with Gasteiger partial charge in [-0.15, -0.1) is 0 Å². The van der Waals surface area contributed by atoms with Crippen molar-refractivity contribution in [1.82, 2.24) is 4.90 Å². The topological polar surface area (TPSA) is 55.6 Å². The summed E-state index contributed by atoms with van der Waals surface area (Å²) in [5.41, 5.74) is 8.48. The Balaban J connectivity index is 1.73. The van der Waals surface area contributed by atoms with Gasteiger partial charge in [0.05, 0.1) is 19.2 Å². The highest BCUT2D eigenvalue weighted by Gasteiger charge is 2.35. The Labute approximate surface area is 139 Å². The van der Waals surface area contributed by atoms with Crippen molar-refractivity contribution in [2.75, 3.05) is 13.2 Å². The van der Waals surface area contributed by atoms with Crippen LogP contribution >= 0.6 is 0 Å². The Hall–Kier alpha value is -1.39. The molecule has 1 aliphatic carbocycles. The number of hydrogen-bond acceptors (Lipinski definition) is 3. The lowest BCUT2D eigenvalue weighted by Crippen LogP contribution is -2.51. The van der Waals surface area contributed by atoms with Gasteiger partial charge in [0.1, 0.15) is 6.10 Å². The van der Waals surface area contributed by atoms with Crippen molar-refractivity contribution in [1.29, 1.82) is 0 Å². The van der Waals surface area contributed by atoms with E-state index in [1.54, 1.807) is 0 Å². The number of aryl methyl sites for hydroxylation is 1. The zero-order chi connectivity index (χ0) is 16.4. The summed E-state index contributed by atoms with van der Waals surface area (Å²) in [4.78, 5) is 15.0. The molecule has 2 aliphatic rings. The highest BCUT2D eigenvalue weighted by atomic mass is 16.5. The zero-order valence-corrected chi connectivity index (χ0v) is 14.2. The number of amides is 1. The van der Waals surface area contributed by atoms with E-state index in [2.05, 4.69) is 26.0 Å². The number of carbonyl (C=O) groups excluding carboxylic acids is 1. The van der Waals surface area contributed by atoms with Crippen molar-refractivity contribution in [2.24, 2.45) is 11.7 Å². The minimum atomic E-state index is -0.0198. The standard InChI is InChI=1S/C19H28N2O2/c1-13-6-3-4-9-17(13)18-11-21(14(2)12-23-18)19(22)15-7-5-8-16(20)10-15/h3-4,6,9,14-16,18H,5,7-8,10-12,20H2,1-2H3/t14-,15-,16+,18+/m1/s1. The fraction of sp³-hybridized carbons (Fsp3) is 0.632. The maximum Gasteiger partial charge on any atom is 0.226 e. The molecule has 1 saturated carbocycles. The Morgan fingerprint density at radius 1 is 1.30 bits per heavy atom. The van der Waals surface area contributed by atoms with Gasteiger partial charge in [0.15, 0.2) is 0 Å². The second-order valence-electron chi connectivity index (χ2n) is 7.14. The number of morpholine rings is 1. The summed E-state index contributed by atoms with van der Waals surface area (Å²) >= 11 is 0. The van der Waals surface area contributed by atoms with Crippen molar-refractivity contribution in [3.8, 4) is 0 Å². The summed E-state index contributed by atoms with van der Waals surface area (Å²) in [5, 5.41) is 0. The van der Waals surface area contributed by atoms with Crippen LogP contribution in [0.2, 0.25) is 0 Å². The third-order valence-corrected chi connectivity index (χ3v) is 5.32. The van der Waals surface area contributed by atoms with Gasteiger partial charge in [-0.05, 0) is 44.2 Å². The third kappa shape index (κ3) is 3.59. The van der Waals surface area contributed by atoms with Crippen LogP contribution in [-0.4, -0.2) is 36.0 Å². The summed E-state index contributed by atoms with van der Waals surface area (Å²) < 4.78 is 6.03. The molecular weight excluding hydrogens is 288 g/mol. The van der Waals surface area contributed by atoms with Crippen molar-refractivity contribution in [2.45, 2.75) is 57.7 Å². The Bertz CT molecular complexity index is 560. The van der Waals surface area contributed by atoms with Crippen LogP contribution in [0.5, 0.6) is 0 Å². The summed E-state index contributed by atoms with van der Waals surface area (Å²) in [6.45, 7) is 5.43. The predicted molar refractivity (Wildman–Crippen MR) is 91.0 cm³/mol. The first kappa shape index (κ1) is 16.5. The molecule has 1 aliphatic heterocycles. The Morgan fingerprint density at radius 3 is 2.83 bits per heavy atom. The van der Waals surface area contributed by atoms with E-state index in [0.29, 0.717) is 13.2 Å². The third-order valence-electron chi connectivity index (χ3n) is 5.32. The molecule has 3 rings (SSSR count). The van der Waals surface area contributed by atoms with Crippen molar-refractivity contribution >= 4 is 5.91 Å². The van der Waals surface area contributed by atoms with Crippen LogP contribution in [0.3, 0.4) is 0 Å². The van der Waals surface area contributed by atoms with Crippen LogP contribution in [0.1, 0.15) is 49.8 Å². The summed E-state index contributed by atoms with van der Waals surface area (Å²) in [7, 11) is 0. The Morgan fingerprint density at radius 2 is 2.09 bits per heavy atom. The van der Waals surface area contributed by atoms with E-state index in [1.165, 1.54) is 11.1 Å². The van der Waals surface area contributed by atoms with Crippen molar-refractivity contribution in [3.05, 3.63) is 35.4 Å². The van der Waals surface area contributed by atoms with Crippen LogP contribution in [0.15, 0.2) is 24.3 Å². The number of nitrogens with zero attached hydrogens (tertiary/aromatic N) is 1. The van der Waals surface area contributed by atoms with Crippen LogP contribution in [0.4, 0.5) is 0 Å². The van der Waals surface area contributed by atoms with E-state index in [1.807, 2.05) is 17.0 Å². The molecule has 0 aromatic heterocycles. The molecule has 4 heteroatoms. The van der Waals surface area contributed by atoms with E-state index < -0.39 is 0 Å². The van der Waals surface area contributed by atoms with E-state index in [9.17, 15) is 4.79 Å². The van der Waals surface area contributed by atoms with E-state index >= 15 is 0 Å². The largest absolute Gasteiger partial charge is 0.370 e. The molecule has 0 unspecified atom stereocenters. The average molecular weight is 316 g/mol. The minimum Gasteiger partial charge on any atom is -0.370 e. The molecule has 0 bridgehead atoms. The van der Waals surface area contributed by atoms with Gasteiger partial charge in [-0.25, -0.2) is 0 Å². The lowest BCUT2D eigenvalue weighted by molar-refractivity contribution is -0.150. The van der Waals surface area contributed by atoms with Gasteiger partial charge in [-0.2, -0.15) is 0 Å². The lowest BCUT2D eigenvalue weighted by atomic mass is 9.84. The summed E-state index contributed by atoms with van der Waals surface area (Å²) in [5.74, 6) is 0.367. The second-order valence-corrected chi connectivity index (χ2v) is 7.14. The van der Waals surface area contributed by atoms with E-state index in [0.717, 1.165) is 25.7 Å². The highest BCUT2D eigenvalue weighted by Crippen LogP contribution is 2.31. The van der Waals surface area contributed by atoms with Crippen molar-refractivity contribution < 1.29 is 9.53 Å². The molecular formula is C19H28N2O2. The minimum absolute atomic E-state index is 0.0198. The zero-order valence-electron chi connectivity index (χ0n) is 14.2. The maximum absolute atomic E-state index is 13.0. The average Bonchev–Trinajstić information content (AvgIpc) is 2.55. The van der Waals surface area contributed by atoms with Gasteiger partial charge >= 0.3 is 0 Å². The molecule has 126 valence electrons. The van der Waals surface area contributed by atoms with Gasteiger partial charge in [0, 0.05) is 12.0 Å². The van der Waals surface area contributed by atoms with Crippen LogP contribution in [0.25, 0.3) is 0 Å². The van der Waals surface area contributed by atoms with Crippen LogP contribution in [0, 0.1) is 12.8 Å². The number of nitrogens with two attached hydrogens (primary N) is 1. The molecule has 1 aromatic carbocycles. The predicted octanol–water partition coefficient (Wildman–Crippen LogP) is 2.80. The number of rotatable bonds is 2. The molecule has 1 aromatic rings. The molecule has 0 spiro atoms. The van der Waals surface area contributed by atoms with E-state index in [-0.39, 0.29) is 30.0 Å². The quantitative estimate of drug-likeness (QED) is 0.913. The van der Waals surface area contributed by atoms with Gasteiger partial charge in [0.25, 0.3) is 0 Å². The molecule has 1 heterocycles. The smallest absolute Gasteiger partial charge is 0.226 e. The lowest BCUT2D eigenvalue weighted by Gasteiger charge is -2.41. The summed E-state index contributed by atoms with van der Waals surface area (Å²) in [6.07, 6.45) is 3.91. The Kier molecular flexibility index (Phi) is 5.02. The maximum atomic E-state index is 13.0. The first-order valence-corrected chi connectivity index (χ1v) is 8.79. The van der Waals surface area contributed by atoms with Crippen LogP contribution < -0.4 is 5.73 Å². The van der Waals surface area contributed by atoms with Gasteiger partial charge in [-0.1, -0.05) is 30.7 Å². The normalized spacial score (nSPS) is 31.9. The van der Waals surface area contributed by atoms with Gasteiger partial charge < -0.3 is 15.4 Å². The van der Waals surface area contributed by atoms with Gasteiger partial charge in [0.2, 0.25) is 5.91 Å². The second kappa shape index (κ2) is 7.02. The SMILES string of the molecule is Cc1ccccc1[C@@H]1CN(C(=O)[C@@H]2CCC[C@H](N)C2)[C@H](C)CO1. The molecule has 0 radical (unpaired) electrons. The molecule has 2 N–H and O–H groups in total. The monoisotopic (exact) mass is 316 g/mol. The van der Waals surface area contributed by atoms with Crippen molar-refractivity contribution in [3.63, 3.8) is 0 Å². The van der Waals surface area contributed by atoms with Crippen LogP contribution in [-0.2, 0) is 9.53 Å². The number of ether oxygens (including phenoxy) is 1. The fourth-order valence-electron chi connectivity index (χ4n) is 3.89. The van der Waals surface area contributed by atoms with E-state index in [4.69, 9.17) is 10.5 Å².